The van der Waals surface area contributed by atoms with Gasteiger partial charge >= 0.3 is 6.18 Å². The SMILES string of the molecule is CS(=O)(=O)CCN1CCNC(c2ccc(N(Cc3ccccc3)Cc3ccccc3)cc2)(C(F)(F)F)C1=O. The molecule has 0 spiro atoms. The first-order valence-corrected chi connectivity index (χ1v) is 14.3. The molecule has 1 aliphatic rings. The fourth-order valence-corrected chi connectivity index (χ4v) is 5.21. The number of halogens is 3. The predicted octanol–water partition coefficient (Wildman–Crippen LogP) is 4.13. The molecule has 1 aliphatic heterocycles. The lowest BCUT2D eigenvalue weighted by Gasteiger charge is -2.43. The van der Waals surface area contributed by atoms with Crippen molar-refractivity contribution in [1.82, 2.24) is 10.2 Å². The van der Waals surface area contributed by atoms with Crippen LogP contribution >= 0.6 is 0 Å². The number of hydrogen-bond acceptors (Lipinski definition) is 5. The molecular formula is C28H30F3N3O3S. The Morgan fingerprint density at radius 1 is 0.895 bits per heavy atom. The van der Waals surface area contributed by atoms with Gasteiger partial charge in [0, 0.05) is 44.7 Å². The van der Waals surface area contributed by atoms with Crippen LogP contribution in [0.25, 0.3) is 0 Å². The van der Waals surface area contributed by atoms with Crippen LogP contribution in [-0.4, -0.2) is 57.0 Å². The number of rotatable bonds is 9. The molecule has 1 N–H and O–H groups in total. The normalized spacial score (nSPS) is 18.4. The average molecular weight is 546 g/mol. The van der Waals surface area contributed by atoms with Crippen LogP contribution in [0.1, 0.15) is 16.7 Å². The summed E-state index contributed by atoms with van der Waals surface area (Å²) < 4.78 is 66.9. The number of sulfone groups is 1. The number of carbonyl (C=O) groups excluding carboxylic acids is 1. The molecule has 0 saturated carbocycles. The van der Waals surface area contributed by atoms with Gasteiger partial charge in [0.05, 0.1) is 5.75 Å². The Morgan fingerprint density at radius 2 is 1.42 bits per heavy atom. The van der Waals surface area contributed by atoms with Gasteiger partial charge in [-0.1, -0.05) is 72.8 Å². The van der Waals surface area contributed by atoms with Crippen molar-refractivity contribution >= 4 is 21.4 Å². The quantitative estimate of drug-likeness (QED) is 0.438. The van der Waals surface area contributed by atoms with E-state index < -0.39 is 33.2 Å². The maximum atomic E-state index is 14.6. The average Bonchev–Trinajstić information content (AvgIpc) is 2.88. The largest absolute Gasteiger partial charge is 0.419 e. The molecule has 6 nitrogen and oxygen atoms in total. The first-order valence-electron chi connectivity index (χ1n) is 12.2. The van der Waals surface area contributed by atoms with E-state index in [4.69, 9.17) is 0 Å². The fourth-order valence-electron chi connectivity index (χ4n) is 4.66. The zero-order valence-corrected chi connectivity index (χ0v) is 21.8. The second-order valence-corrected chi connectivity index (χ2v) is 11.7. The summed E-state index contributed by atoms with van der Waals surface area (Å²) in [6.07, 6.45) is -3.95. The number of anilines is 1. The second kappa shape index (κ2) is 11.2. The Bertz CT molecular complexity index is 1290. The first kappa shape index (κ1) is 27.7. The lowest BCUT2D eigenvalue weighted by Crippen LogP contribution is -2.69. The van der Waals surface area contributed by atoms with Gasteiger partial charge < -0.3 is 9.80 Å². The minimum absolute atomic E-state index is 0.00774. The van der Waals surface area contributed by atoms with E-state index in [-0.39, 0.29) is 25.2 Å². The summed E-state index contributed by atoms with van der Waals surface area (Å²) in [5, 5.41) is 2.41. The summed E-state index contributed by atoms with van der Waals surface area (Å²) in [6, 6.07) is 25.4. The summed E-state index contributed by atoms with van der Waals surface area (Å²) in [6.45, 7) is 0.653. The van der Waals surface area contributed by atoms with Crippen LogP contribution in [0, 0.1) is 0 Å². The number of carbonyl (C=O) groups is 1. The van der Waals surface area contributed by atoms with E-state index in [1.807, 2.05) is 60.7 Å². The highest BCUT2D eigenvalue weighted by Gasteiger charge is 2.63. The monoisotopic (exact) mass is 545 g/mol. The van der Waals surface area contributed by atoms with Crippen molar-refractivity contribution in [2.75, 3.05) is 36.5 Å². The van der Waals surface area contributed by atoms with Gasteiger partial charge in [0.2, 0.25) is 5.54 Å². The van der Waals surface area contributed by atoms with E-state index in [2.05, 4.69) is 10.2 Å². The van der Waals surface area contributed by atoms with Crippen LogP contribution in [0.3, 0.4) is 0 Å². The number of hydrogen-bond donors (Lipinski definition) is 1. The van der Waals surface area contributed by atoms with Crippen molar-refractivity contribution in [2.45, 2.75) is 24.8 Å². The third-order valence-electron chi connectivity index (χ3n) is 6.64. The Hall–Kier alpha value is -3.37. The summed E-state index contributed by atoms with van der Waals surface area (Å²) in [5.74, 6) is -1.60. The van der Waals surface area contributed by atoms with E-state index in [0.717, 1.165) is 22.3 Å². The van der Waals surface area contributed by atoms with Gasteiger partial charge in [-0.15, -0.1) is 0 Å². The number of nitrogens with one attached hydrogen (secondary N) is 1. The molecule has 10 heteroatoms. The molecule has 0 radical (unpaired) electrons. The number of alkyl halides is 3. The van der Waals surface area contributed by atoms with Gasteiger partial charge in [0.25, 0.3) is 5.91 Å². The molecule has 1 unspecified atom stereocenters. The zero-order chi connectivity index (χ0) is 27.4. The molecule has 38 heavy (non-hydrogen) atoms. The minimum Gasteiger partial charge on any atom is -0.363 e. The lowest BCUT2D eigenvalue weighted by atomic mass is 9.85. The van der Waals surface area contributed by atoms with Crippen LogP contribution < -0.4 is 10.2 Å². The maximum absolute atomic E-state index is 14.6. The Labute approximate surface area is 221 Å². The molecule has 1 heterocycles. The standard InChI is InChI=1S/C28H30F3N3O3S/c1-38(36,37)19-18-33-17-16-32-27(26(33)35,28(29,30)31)24-12-14-25(15-13-24)34(20-22-8-4-2-5-9-22)21-23-10-6-3-7-11-23/h2-15,32H,16-21H2,1H3. The number of benzene rings is 3. The number of piperazine rings is 1. The molecule has 1 fully saturated rings. The van der Waals surface area contributed by atoms with Crippen molar-refractivity contribution in [1.29, 1.82) is 0 Å². The van der Waals surface area contributed by atoms with Crippen molar-refractivity contribution < 1.29 is 26.4 Å². The number of amides is 1. The van der Waals surface area contributed by atoms with E-state index in [1.54, 1.807) is 12.1 Å². The highest BCUT2D eigenvalue weighted by atomic mass is 32.2. The van der Waals surface area contributed by atoms with Crippen LogP contribution in [0.2, 0.25) is 0 Å². The third-order valence-corrected chi connectivity index (χ3v) is 7.56. The topological polar surface area (TPSA) is 69.7 Å². The third kappa shape index (κ3) is 6.19. The smallest absolute Gasteiger partial charge is 0.363 e. The molecule has 3 aromatic rings. The molecule has 1 saturated heterocycles. The van der Waals surface area contributed by atoms with E-state index in [0.29, 0.717) is 18.8 Å². The van der Waals surface area contributed by atoms with Gasteiger partial charge in [-0.2, -0.15) is 13.2 Å². The maximum Gasteiger partial charge on any atom is 0.419 e. The molecule has 1 amide bonds. The van der Waals surface area contributed by atoms with Crippen LogP contribution in [-0.2, 0) is 33.3 Å². The summed E-state index contributed by atoms with van der Waals surface area (Å²) in [5.41, 5.74) is -0.390. The Balaban J connectivity index is 1.66. The van der Waals surface area contributed by atoms with Gasteiger partial charge in [-0.05, 0) is 28.8 Å². The van der Waals surface area contributed by atoms with Crippen molar-refractivity contribution in [3.63, 3.8) is 0 Å². The van der Waals surface area contributed by atoms with Crippen molar-refractivity contribution in [3.8, 4) is 0 Å². The highest BCUT2D eigenvalue weighted by Crippen LogP contribution is 2.42. The van der Waals surface area contributed by atoms with E-state index in [1.165, 1.54) is 12.1 Å². The zero-order valence-electron chi connectivity index (χ0n) is 21.0. The van der Waals surface area contributed by atoms with Crippen molar-refractivity contribution in [2.24, 2.45) is 0 Å². The molecule has 202 valence electrons. The number of nitrogens with zero attached hydrogens (tertiary/aromatic N) is 2. The summed E-state index contributed by atoms with van der Waals surface area (Å²) in [4.78, 5) is 16.3. The van der Waals surface area contributed by atoms with Gasteiger partial charge in [-0.25, -0.2) is 8.42 Å². The molecule has 1 atom stereocenters. The molecule has 0 bridgehead atoms. The molecule has 3 aromatic carbocycles. The Morgan fingerprint density at radius 3 is 1.89 bits per heavy atom. The predicted molar refractivity (Wildman–Crippen MR) is 141 cm³/mol. The van der Waals surface area contributed by atoms with Crippen LogP contribution in [0.15, 0.2) is 84.9 Å². The molecule has 0 aromatic heterocycles. The fraction of sp³-hybridized carbons (Fsp3) is 0.321. The lowest BCUT2D eigenvalue weighted by molar-refractivity contribution is -0.214. The molecule has 0 aliphatic carbocycles. The van der Waals surface area contributed by atoms with Gasteiger partial charge in [0.1, 0.15) is 9.84 Å². The molecular weight excluding hydrogens is 515 g/mol. The Kier molecular flexibility index (Phi) is 8.13. The summed E-state index contributed by atoms with van der Waals surface area (Å²) in [7, 11) is -3.45. The molecule has 4 rings (SSSR count). The van der Waals surface area contributed by atoms with Crippen LogP contribution in [0.4, 0.5) is 18.9 Å². The van der Waals surface area contributed by atoms with Crippen molar-refractivity contribution in [3.05, 3.63) is 102 Å². The minimum atomic E-state index is -4.94. The first-order chi connectivity index (χ1) is 18.0. The van der Waals surface area contributed by atoms with E-state index in [9.17, 15) is 26.4 Å². The van der Waals surface area contributed by atoms with Gasteiger partial charge in [0.15, 0.2) is 0 Å². The highest BCUT2D eigenvalue weighted by molar-refractivity contribution is 7.90. The second-order valence-electron chi connectivity index (χ2n) is 9.47. The van der Waals surface area contributed by atoms with E-state index >= 15 is 0 Å². The van der Waals surface area contributed by atoms with Gasteiger partial charge in [-0.3, -0.25) is 10.1 Å². The summed E-state index contributed by atoms with van der Waals surface area (Å²) >= 11 is 0. The van der Waals surface area contributed by atoms with Crippen LogP contribution in [0.5, 0.6) is 0 Å².